The molecule has 0 radical (unpaired) electrons. The molecular weight excluding hydrogens is 352 g/mol. The second-order valence-electron chi connectivity index (χ2n) is 8.40. The Morgan fingerprint density at radius 2 is 1.85 bits per heavy atom. The van der Waals surface area contributed by atoms with Gasteiger partial charge in [0.15, 0.2) is 5.79 Å². The van der Waals surface area contributed by atoms with Gasteiger partial charge < -0.3 is 14.2 Å². The van der Waals surface area contributed by atoms with Crippen molar-refractivity contribution in [3.05, 3.63) is 34.9 Å². The van der Waals surface area contributed by atoms with Crippen molar-refractivity contribution in [2.24, 2.45) is 5.41 Å². The molecule has 2 atom stereocenters. The van der Waals surface area contributed by atoms with Crippen molar-refractivity contribution >= 4 is 17.6 Å². The number of carbonyl (C=O) groups is 1. The zero-order valence-corrected chi connectivity index (χ0v) is 16.7. The SMILES string of the molecule is CC(C)(C)C(=O)OCC[C@H]1OC2(CCCC2)O[C@@H]1Cc1ccccc1Cl. The van der Waals surface area contributed by atoms with Crippen LogP contribution in [0.4, 0.5) is 0 Å². The van der Waals surface area contributed by atoms with E-state index in [-0.39, 0.29) is 18.2 Å². The molecule has 2 fully saturated rings. The standard InChI is InChI=1S/C21H29ClO4/c1-20(2,3)19(23)24-13-10-17-18(14-15-8-4-5-9-16(15)22)26-21(25-17)11-6-7-12-21/h4-5,8-9,17-18H,6-7,10-14H2,1-3H3/t17-,18-/m1/s1. The van der Waals surface area contributed by atoms with Crippen LogP contribution in [0.25, 0.3) is 0 Å². The predicted octanol–water partition coefficient (Wildman–Crippen LogP) is 4.92. The topological polar surface area (TPSA) is 44.8 Å². The van der Waals surface area contributed by atoms with E-state index in [9.17, 15) is 4.79 Å². The van der Waals surface area contributed by atoms with Gasteiger partial charge in [-0.05, 0) is 45.2 Å². The Morgan fingerprint density at radius 3 is 2.50 bits per heavy atom. The summed E-state index contributed by atoms with van der Waals surface area (Å²) in [4.78, 5) is 12.0. The molecule has 0 amide bonds. The second-order valence-corrected chi connectivity index (χ2v) is 8.81. The van der Waals surface area contributed by atoms with Crippen LogP contribution in [0.5, 0.6) is 0 Å². The van der Waals surface area contributed by atoms with E-state index in [1.165, 1.54) is 0 Å². The van der Waals surface area contributed by atoms with Crippen LogP contribution in [0.2, 0.25) is 5.02 Å². The van der Waals surface area contributed by atoms with Crippen LogP contribution in [0.15, 0.2) is 24.3 Å². The summed E-state index contributed by atoms with van der Waals surface area (Å²) in [5, 5.41) is 0.751. The summed E-state index contributed by atoms with van der Waals surface area (Å²) in [7, 11) is 0. The van der Waals surface area contributed by atoms with Crippen LogP contribution in [-0.2, 0) is 25.4 Å². The Bertz CT molecular complexity index is 631. The van der Waals surface area contributed by atoms with Crippen molar-refractivity contribution < 1.29 is 19.0 Å². The van der Waals surface area contributed by atoms with Gasteiger partial charge in [-0.1, -0.05) is 29.8 Å². The predicted molar refractivity (Wildman–Crippen MR) is 101 cm³/mol. The molecule has 4 nitrogen and oxygen atoms in total. The van der Waals surface area contributed by atoms with Crippen molar-refractivity contribution in [2.75, 3.05) is 6.61 Å². The van der Waals surface area contributed by atoms with Crippen molar-refractivity contribution in [3.63, 3.8) is 0 Å². The van der Waals surface area contributed by atoms with E-state index in [4.69, 9.17) is 25.8 Å². The molecule has 0 unspecified atom stereocenters. The number of carbonyl (C=O) groups excluding carboxylic acids is 1. The van der Waals surface area contributed by atoms with Crippen molar-refractivity contribution in [3.8, 4) is 0 Å². The zero-order valence-electron chi connectivity index (χ0n) is 15.9. The lowest BCUT2D eigenvalue weighted by Gasteiger charge is -2.22. The number of rotatable bonds is 5. The molecule has 5 heteroatoms. The van der Waals surface area contributed by atoms with Crippen molar-refractivity contribution in [2.45, 2.75) is 77.3 Å². The van der Waals surface area contributed by atoms with E-state index in [0.29, 0.717) is 19.4 Å². The molecule has 26 heavy (non-hydrogen) atoms. The fraction of sp³-hybridized carbons (Fsp3) is 0.667. The molecule has 0 N–H and O–H groups in total. The molecule has 2 aliphatic rings. The van der Waals surface area contributed by atoms with Crippen LogP contribution in [0, 0.1) is 5.41 Å². The van der Waals surface area contributed by atoms with E-state index in [0.717, 1.165) is 36.3 Å². The number of hydrogen-bond donors (Lipinski definition) is 0. The molecule has 1 aliphatic carbocycles. The maximum Gasteiger partial charge on any atom is 0.311 e. The van der Waals surface area contributed by atoms with Gasteiger partial charge in [-0.2, -0.15) is 0 Å². The number of esters is 1. The smallest absolute Gasteiger partial charge is 0.311 e. The number of ether oxygens (including phenoxy) is 3. The summed E-state index contributed by atoms with van der Waals surface area (Å²) in [6, 6.07) is 7.85. The van der Waals surface area contributed by atoms with E-state index in [2.05, 4.69) is 0 Å². The van der Waals surface area contributed by atoms with Gasteiger partial charge in [0.1, 0.15) is 0 Å². The molecule has 3 rings (SSSR count). The lowest BCUT2D eigenvalue weighted by Crippen LogP contribution is -2.29. The van der Waals surface area contributed by atoms with Gasteiger partial charge in [0, 0.05) is 30.7 Å². The first kappa shape index (κ1) is 19.7. The van der Waals surface area contributed by atoms with Gasteiger partial charge in [-0.15, -0.1) is 0 Å². The van der Waals surface area contributed by atoms with Crippen molar-refractivity contribution in [1.29, 1.82) is 0 Å². The summed E-state index contributed by atoms with van der Waals surface area (Å²) in [5.41, 5.74) is 0.575. The van der Waals surface area contributed by atoms with Gasteiger partial charge in [-0.25, -0.2) is 0 Å². The van der Waals surface area contributed by atoms with E-state index in [1.54, 1.807) is 0 Å². The maximum atomic E-state index is 12.0. The zero-order chi connectivity index (χ0) is 18.8. The molecule has 144 valence electrons. The largest absolute Gasteiger partial charge is 0.465 e. The molecule has 0 bridgehead atoms. The third-order valence-corrected chi connectivity index (χ3v) is 5.51. The summed E-state index contributed by atoms with van der Waals surface area (Å²) >= 11 is 6.33. The van der Waals surface area contributed by atoms with Gasteiger partial charge in [-0.3, -0.25) is 4.79 Å². The Hall–Kier alpha value is -1.10. The normalized spacial score (nSPS) is 24.9. The fourth-order valence-electron chi connectivity index (χ4n) is 3.66. The quantitative estimate of drug-likeness (QED) is 0.680. The summed E-state index contributed by atoms with van der Waals surface area (Å²) in [5.74, 6) is -0.639. The highest BCUT2D eigenvalue weighted by atomic mass is 35.5. The lowest BCUT2D eigenvalue weighted by molar-refractivity contribution is -0.171. The van der Waals surface area contributed by atoms with Gasteiger partial charge in [0.05, 0.1) is 24.2 Å². The van der Waals surface area contributed by atoms with E-state index in [1.807, 2.05) is 45.0 Å². The summed E-state index contributed by atoms with van der Waals surface area (Å²) < 4.78 is 18.2. The van der Waals surface area contributed by atoms with E-state index >= 15 is 0 Å². The van der Waals surface area contributed by atoms with Crippen LogP contribution in [-0.4, -0.2) is 30.6 Å². The minimum absolute atomic E-state index is 0.0682. The Morgan fingerprint density at radius 1 is 1.19 bits per heavy atom. The number of halogens is 1. The molecule has 1 spiro atoms. The maximum absolute atomic E-state index is 12.0. The summed E-state index contributed by atoms with van der Waals surface area (Å²) in [6.07, 6.45) is 5.32. The van der Waals surface area contributed by atoms with Crippen LogP contribution in [0.1, 0.15) is 58.4 Å². The van der Waals surface area contributed by atoms with Gasteiger partial charge >= 0.3 is 5.97 Å². The van der Waals surface area contributed by atoms with Gasteiger partial charge in [0.25, 0.3) is 0 Å². The molecule has 1 aliphatic heterocycles. The molecule has 1 aromatic carbocycles. The first-order valence-electron chi connectivity index (χ1n) is 9.55. The molecule has 0 aromatic heterocycles. The average Bonchev–Trinajstić information content (AvgIpc) is 3.16. The highest BCUT2D eigenvalue weighted by Crippen LogP contribution is 2.43. The molecule has 1 heterocycles. The summed E-state index contributed by atoms with van der Waals surface area (Å²) in [6.45, 7) is 5.92. The number of hydrogen-bond acceptors (Lipinski definition) is 4. The average molecular weight is 381 g/mol. The lowest BCUT2D eigenvalue weighted by atomic mass is 9.97. The number of benzene rings is 1. The third kappa shape index (κ3) is 4.59. The highest BCUT2D eigenvalue weighted by Gasteiger charge is 2.48. The van der Waals surface area contributed by atoms with Crippen LogP contribution in [0.3, 0.4) is 0 Å². The van der Waals surface area contributed by atoms with Crippen LogP contribution < -0.4 is 0 Å². The first-order valence-corrected chi connectivity index (χ1v) is 9.93. The minimum Gasteiger partial charge on any atom is -0.465 e. The molecule has 1 saturated heterocycles. The Balaban J connectivity index is 1.64. The van der Waals surface area contributed by atoms with Crippen molar-refractivity contribution in [1.82, 2.24) is 0 Å². The Kier molecular flexibility index (Phi) is 5.95. The monoisotopic (exact) mass is 380 g/mol. The fourth-order valence-corrected chi connectivity index (χ4v) is 3.88. The molecule has 1 saturated carbocycles. The minimum atomic E-state index is -0.489. The van der Waals surface area contributed by atoms with Gasteiger partial charge in [0.2, 0.25) is 0 Å². The Labute approximate surface area is 161 Å². The van der Waals surface area contributed by atoms with Crippen LogP contribution >= 0.6 is 11.6 Å². The highest BCUT2D eigenvalue weighted by molar-refractivity contribution is 6.31. The second kappa shape index (κ2) is 7.87. The first-order chi connectivity index (χ1) is 12.3. The third-order valence-electron chi connectivity index (χ3n) is 5.14. The molecule has 1 aromatic rings. The molecular formula is C21H29ClO4. The van der Waals surface area contributed by atoms with E-state index < -0.39 is 11.2 Å².